The molecule has 0 saturated heterocycles. The lowest BCUT2D eigenvalue weighted by molar-refractivity contribution is 0.361. The van der Waals surface area contributed by atoms with Gasteiger partial charge in [0.1, 0.15) is 0 Å². The van der Waals surface area contributed by atoms with Gasteiger partial charge in [-0.3, -0.25) is 0 Å². The minimum absolute atomic E-state index is 0.104. The third-order valence-electron chi connectivity index (χ3n) is 3.02. The van der Waals surface area contributed by atoms with Crippen molar-refractivity contribution in [3.63, 3.8) is 0 Å². The second kappa shape index (κ2) is 10.2. The zero-order chi connectivity index (χ0) is 13.9. The first-order chi connectivity index (χ1) is 8.52. The average molecular weight is 252 g/mol. The van der Waals surface area contributed by atoms with E-state index in [2.05, 4.69) is 57.3 Å². The Hall–Kier alpha value is -0.790. The van der Waals surface area contributed by atoms with Crippen LogP contribution in [0.1, 0.15) is 79.6 Å². The summed E-state index contributed by atoms with van der Waals surface area (Å²) in [6, 6.07) is 0. The maximum absolute atomic E-state index is 4.45. The first-order valence-electron chi connectivity index (χ1n) is 7.50. The Kier molecular flexibility index (Phi) is 9.72. The van der Waals surface area contributed by atoms with Crippen LogP contribution in [0.3, 0.4) is 0 Å². The van der Waals surface area contributed by atoms with Crippen molar-refractivity contribution in [3.05, 3.63) is 12.2 Å². The van der Waals surface area contributed by atoms with Crippen molar-refractivity contribution in [2.45, 2.75) is 85.1 Å². The summed E-state index contributed by atoms with van der Waals surface area (Å²) in [6.07, 6.45) is 13.1. The Balaban J connectivity index is 3.94. The lowest BCUT2D eigenvalue weighted by Crippen LogP contribution is -2.35. The van der Waals surface area contributed by atoms with Gasteiger partial charge in [0.05, 0.1) is 5.71 Å². The molecule has 0 bridgehead atoms. The normalized spacial score (nSPS) is 13.3. The number of allylic oxidation sites excluding steroid dienone is 2. The van der Waals surface area contributed by atoms with Crippen molar-refractivity contribution in [2.75, 3.05) is 0 Å². The molecule has 0 rings (SSSR count). The Bertz CT molecular complexity index is 252. The van der Waals surface area contributed by atoms with Gasteiger partial charge in [0.15, 0.2) is 0 Å². The Labute approximate surface area is 114 Å². The van der Waals surface area contributed by atoms with E-state index in [1.54, 1.807) is 0 Å². The van der Waals surface area contributed by atoms with E-state index in [-0.39, 0.29) is 5.54 Å². The van der Waals surface area contributed by atoms with Crippen molar-refractivity contribution < 1.29 is 0 Å². The van der Waals surface area contributed by atoms with Crippen LogP contribution in [-0.4, -0.2) is 11.3 Å². The highest BCUT2D eigenvalue weighted by atomic mass is 15.3. The molecule has 0 aliphatic carbocycles. The van der Waals surface area contributed by atoms with Gasteiger partial charge in [0.25, 0.3) is 0 Å². The Morgan fingerprint density at radius 2 is 1.78 bits per heavy atom. The molecule has 0 saturated carbocycles. The van der Waals surface area contributed by atoms with Crippen LogP contribution in [0.15, 0.2) is 17.3 Å². The quantitative estimate of drug-likeness (QED) is 0.328. The molecule has 0 aliphatic heterocycles. The maximum atomic E-state index is 4.45. The lowest BCUT2D eigenvalue weighted by atomic mass is 9.99. The molecule has 0 fully saturated rings. The molecule has 0 aromatic carbocycles. The van der Waals surface area contributed by atoms with Gasteiger partial charge >= 0.3 is 0 Å². The number of rotatable bonds is 10. The van der Waals surface area contributed by atoms with Crippen molar-refractivity contribution in [2.24, 2.45) is 5.10 Å². The summed E-state index contributed by atoms with van der Waals surface area (Å²) < 4.78 is 0. The largest absolute Gasteiger partial charge is 0.304 e. The monoisotopic (exact) mass is 252 g/mol. The number of hydrogen-bond acceptors (Lipinski definition) is 2. The molecule has 0 aromatic rings. The van der Waals surface area contributed by atoms with Crippen LogP contribution in [0.4, 0.5) is 0 Å². The van der Waals surface area contributed by atoms with E-state index in [1.165, 1.54) is 44.9 Å². The predicted octanol–water partition coefficient (Wildman–Crippen LogP) is 5.06. The van der Waals surface area contributed by atoms with Crippen molar-refractivity contribution in [1.29, 1.82) is 0 Å². The van der Waals surface area contributed by atoms with Gasteiger partial charge in [-0.15, -0.1) is 0 Å². The molecule has 2 nitrogen and oxygen atoms in total. The van der Waals surface area contributed by atoms with E-state index < -0.39 is 0 Å². The molecule has 0 radical (unpaired) electrons. The number of hydrogen-bond donors (Lipinski definition) is 1. The van der Waals surface area contributed by atoms with E-state index in [1.807, 2.05) is 0 Å². The minimum atomic E-state index is 0.104. The topological polar surface area (TPSA) is 24.4 Å². The van der Waals surface area contributed by atoms with Gasteiger partial charge in [0, 0.05) is 5.54 Å². The molecular weight excluding hydrogens is 220 g/mol. The highest BCUT2D eigenvalue weighted by Gasteiger charge is 2.14. The summed E-state index contributed by atoms with van der Waals surface area (Å²) in [6.45, 7) is 10.9. The predicted molar refractivity (Wildman–Crippen MR) is 83.1 cm³/mol. The molecule has 18 heavy (non-hydrogen) atoms. The zero-order valence-electron chi connectivity index (χ0n) is 13.1. The first-order valence-corrected chi connectivity index (χ1v) is 7.50. The van der Waals surface area contributed by atoms with E-state index in [0.717, 1.165) is 5.71 Å². The summed E-state index contributed by atoms with van der Waals surface area (Å²) in [5, 5.41) is 4.45. The van der Waals surface area contributed by atoms with Crippen LogP contribution < -0.4 is 5.43 Å². The summed E-state index contributed by atoms with van der Waals surface area (Å²) in [5.41, 5.74) is 4.45. The van der Waals surface area contributed by atoms with Gasteiger partial charge in [-0.2, -0.15) is 5.10 Å². The zero-order valence-corrected chi connectivity index (χ0v) is 13.1. The summed E-state index contributed by atoms with van der Waals surface area (Å²) >= 11 is 0. The van der Waals surface area contributed by atoms with Crippen LogP contribution in [0.25, 0.3) is 0 Å². The molecule has 106 valence electrons. The summed E-state index contributed by atoms with van der Waals surface area (Å²) in [4.78, 5) is 0. The molecule has 0 spiro atoms. The Morgan fingerprint density at radius 1 is 1.11 bits per heavy atom. The maximum Gasteiger partial charge on any atom is 0.0569 e. The number of nitrogens with zero attached hydrogens (tertiary/aromatic N) is 1. The van der Waals surface area contributed by atoms with Crippen molar-refractivity contribution in [1.82, 2.24) is 5.43 Å². The summed E-state index contributed by atoms with van der Waals surface area (Å²) in [7, 11) is 0. The molecule has 0 atom stereocenters. The number of unbranched alkanes of at least 4 members (excludes halogenated alkanes) is 4. The van der Waals surface area contributed by atoms with Crippen molar-refractivity contribution in [3.8, 4) is 0 Å². The van der Waals surface area contributed by atoms with Gasteiger partial charge in [0.2, 0.25) is 0 Å². The van der Waals surface area contributed by atoms with E-state index in [4.69, 9.17) is 0 Å². The third kappa shape index (κ3) is 10.4. The van der Waals surface area contributed by atoms with Gasteiger partial charge in [-0.05, 0) is 46.1 Å². The van der Waals surface area contributed by atoms with E-state index >= 15 is 0 Å². The first kappa shape index (κ1) is 17.2. The second-order valence-electron chi connectivity index (χ2n) is 5.75. The molecule has 0 unspecified atom stereocenters. The number of hydrazone groups is 1. The number of nitrogens with one attached hydrogen (secondary N) is 1. The third-order valence-corrected chi connectivity index (χ3v) is 3.02. The molecule has 0 aliphatic rings. The fourth-order valence-corrected chi connectivity index (χ4v) is 1.72. The standard InChI is InChI=1S/C16H32N2/c1-6-8-10-11-12-13-15(3)17-18-16(4,5)14-9-7-2/h12-13,18H,6-11,14H2,1-5H3/b13-12+,17-15+. The summed E-state index contributed by atoms with van der Waals surface area (Å²) in [5.74, 6) is 0. The molecular formula is C16H32N2. The van der Waals surface area contributed by atoms with E-state index in [0.29, 0.717) is 0 Å². The smallest absolute Gasteiger partial charge is 0.0569 e. The van der Waals surface area contributed by atoms with Crippen LogP contribution in [0, 0.1) is 0 Å². The molecule has 1 N–H and O–H groups in total. The second-order valence-corrected chi connectivity index (χ2v) is 5.75. The highest BCUT2D eigenvalue weighted by Crippen LogP contribution is 2.12. The lowest BCUT2D eigenvalue weighted by Gasteiger charge is -2.24. The van der Waals surface area contributed by atoms with Crippen LogP contribution in [-0.2, 0) is 0 Å². The average Bonchev–Trinajstić information content (AvgIpc) is 2.34. The van der Waals surface area contributed by atoms with Crippen LogP contribution in [0.5, 0.6) is 0 Å². The SMILES string of the molecule is CCCCC/C=C/C(C)=N/NC(C)(C)CCCC. The fraction of sp³-hybridized carbons (Fsp3) is 0.812. The van der Waals surface area contributed by atoms with Gasteiger partial charge in [-0.1, -0.05) is 45.6 Å². The Morgan fingerprint density at radius 3 is 2.39 bits per heavy atom. The van der Waals surface area contributed by atoms with Crippen LogP contribution >= 0.6 is 0 Å². The van der Waals surface area contributed by atoms with E-state index in [9.17, 15) is 0 Å². The molecule has 0 aromatic heterocycles. The molecule has 0 heterocycles. The highest BCUT2D eigenvalue weighted by molar-refractivity contribution is 5.92. The van der Waals surface area contributed by atoms with Crippen LogP contribution in [0.2, 0.25) is 0 Å². The van der Waals surface area contributed by atoms with Gasteiger partial charge in [-0.25, -0.2) is 0 Å². The minimum Gasteiger partial charge on any atom is -0.304 e. The molecule has 0 amide bonds. The van der Waals surface area contributed by atoms with Gasteiger partial charge < -0.3 is 5.43 Å². The fourth-order valence-electron chi connectivity index (χ4n) is 1.72. The van der Waals surface area contributed by atoms with Crippen molar-refractivity contribution >= 4 is 5.71 Å². The molecule has 2 heteroatoms.